The summed E-state index contributed by atoms with van der Waals surface area (Å²) in [6, 6.07) is 4.61. The lowest BCUT2D eigenvalue weighted by Gasteiger charge is -1.96. The zero-order chi connectivity index (χ0) is 13.2. The molecule has 0 radical (unpaired) electrons. The quantitative estimate of drug-likeness (QED) is 0.548. The summed E-state index contributed by atoms with van der Waals surface area (Å²) in [5.41, 5.74) is 1.89. The molecule has 2 N–H and O–H groups in total. The van der Waals surface area contributed by atoms with Crippen molar-refractivity contribution in [1.82, 2.24) is 15.2 Å². The van der Waals surface area contributed by atoms with E-state index in [9.17, 15) is 10.1 Å². The number of rotatable bonds is 4. The summed E-state index contributed by atoms with van der Waals surface area (Å²) < 4.78 is 5.43. The molecule has 1 aromatic carbocycles. The van der Waals surface area contributed by atoms with Crippen LogP contribution in [0.1, 0.15) is 5.56 Å². The van der Waals surface area contributed by atoms with E-state index in [1.165, 1.54) is 18.2 Å². The van der Waals surface area contributed by atoms with Gasteiger partial charge in [0, 0.05) is 30.4 Å². The number of H-pyrrole nitrogens is 1. The SMILES string of the molecule is O=[N+]([O-])c1ccc2oc(NCc3cn[nH]c3)nc2c1. The normalized spacial score (nSPS) is 10.7. The molecule has 0 fully saturated rings. The minimum absolute atomic E-state index is 0.0119. The molecule has 8 heteroatoms. The van der Waals surface area contributed by atoms with E-state index < -0.39 is 4.92 Å². The van der Waals surface area contributed by atoms with Crippen molar-refractivity contribution in [1.29, 1.82) is 0 Å². The van der Waals surface area contributed by atoms with Crippen LogP contribution in [-0.2, 0) is 6.54 Å². The Bertz CT molecular complexity index is 719. The predicted molar refractivity (Wildman–Crippen MR) is 66.6 cm³/mol. The van der Waals surface area contributed by atoms with Crippen LogP contribution in [-0.4, -0.2) is 20.1 Å². The number of nitro groups is 1. The van der Waals surface area contributed by atoms with Crippen LogP contribution in [0.3, 0.4) is 0 Å². The lowest BCUT2D eigenvalue weighted by molar-refractivity contribution is -0.384. The topological polar surface area (TPSA) is 110 Å². The second-order valence-corrected chi connectivity index (χ2v) is 3.89. The van der Waals surface area contributed by atoms with Crippen molar-refractivity contribution in [2.45, 2.75) is 6.54 Å². The van der Waals surface area contributed by atoms with Gasteiger partial charge in [0.2, 0.25) is 0 Å². The third-order valence-electron chi connectivity index (χ3n) is 2.58. The second kappa shape index (κ2) is 4.41. The maximum absolute atomic E-state index is 10.7. The van der Waals surface area contributed by atoms with Crippen LogP contribution in [0.4, 0.5) is 11.7 Å². The van der Waals surface area contributed by atoms with Gasteiger partial charge in [-0.05, 0) is 6.07 Å². The maximum atomic E-state index is 10.7. The summed E-state index contributed by atoms with van der Waals surface area (Å²) in [5.74, 6) is 0. The van der Waals surface area contributed by atoms with Crippen LogP contribution in [0.15, 0.2) is 35.0 Å². The van der Waals surface area contributed by atoms with Crippen molar-refractivity contribution in [2.24, 2.45) is 0 Å². The Hall–Kier alpha value is -2.90. The van der Waals surface area contributed by atoms with Gasteiger partial charge in [0.15, 0.2) is 5.58 Å². The van der Waals surface area contributed by atoms with Gasteiger partial charge >= 0.3 is 0 Å². The van der Waals surface area contributed by atoms with Crippen molar-refractivity contribution in [3.05, 3.63) is 46.3 Å². The van der Waals surface area contributed by atoms with Gasteiger partial charge in [-0.1, -0.05) is 0 Å². The number of aromatic amines is 1. The van der Waals surface area contributed by atoms with Gasteiger partial charge in [-0.2, -0.15) is 10.1 Å². The number of non-ortho nitro benzene ring substituents is 1. The lowest BCUT2D eigenvalue weighted by atomic mass is 10.3. The standard InChI is InChI=1S/C11H9N5O3/c17-16(18)8-1-2-10-9(3-8)15-11(19-10)12-4-7-5-13-14-6-7/h1-3,5-6H,4H2,(H,12,15)(H,13,14). The highest BCUT2D eigenvalue weighted by atomic mass is 16.6. The summed E-state index contributed by atoms with van der Waals surface area (Å²) in [6.45, 7) is 0.505. The molecule has 0 atom stereocenters. The molecule has 96 valence electrons. The predicted octanol–water partition coefficient (Wildman–Crippen LogP) is 2.07. The molecule has 0 aliphatic carbocycles. The van der Waals surface area contributed by atoms with Crippen LogP contribution in [0.25, 0.3) is 11.1 Å². The summed E-state index contributed by atoms with van der Waals surface area (Å²) in [4.78, 5) is 14.3. The number of anilines is 1. The third-order valence-corrected chi connectivity index (χ3v) is 2.58. The molecule has 19 heavy (non-hydrogen) atoms. The van der Waals surface area contributed by atoms with Gasteiger partial charge in [-0.15, -0.1) is 0 Å². The molecule has 0 aliphatic rings. The van der Waals surface area contributed by atoms with Crippen LogP contribution < -0.4 is 5.32 Å². The van der Waals surface area contributed by atoms with Crippen molar-refractivity contribution in [3.8, 4) is 0 Å². The first-order valence-electron chi connectivity index (χ1n) is 5.49. The Balaban J connectivity index is 1.83. The van der Waals surface area contributed by atoms with Gasteiger partial charge in [0.05, 0.1) is 11.1 Å². The molecule has 2 aromatic heterocycles. The Morgan fingerprint density at radius 2 is 2.37 bits per heavy atom. The van der Waals surface area contributed by atoms with E-state index in [-0.39, 0.29) is 5.69 Å². The number of fused-ring (bicyclic) bond motifs is 1. The van der Waals surface area contributed by atoms with Crippen LogP contribution in [0, 0.1) is 10.1 Å². The average molecular weight is 259 g/mol. The fourth-order valence-electron chi connectivity index (χ4n) is 1.66. The molecule has 8 nitrogen and oxygen atoms in total. The number of benzene rings is 1. The number of nitro benzene ring substituents is 1. The van der Waals surface area contributed by atoms with Gasteiger partial charge in [-0.25, -0.2) is 0 Å². The van der Waals surface area contributed by atoms with E-state index in [2.05, 4.69) is 20.5 Å². The smallest absolute Gasteiger partial charge is 0.295 e. The Kier molecular flexibility index (Phi) is 2.60. The molecular weight excluding hydrogens is 250 g/mol. The molecule has 3 aromatic rings. The molecule has 0 saturated heterocycles. The zero-order valence-electron chi connectivity index (χ0n) is 9.66. The van der Waals surface area contributed by atoms with Crippen molar-refractivity contribution < 1.29 is 9.34 Å². The van der Waals surface area contributed by atoms with Crippen LogP contribution >= 0.6 is 0 Å². The van der Waals surface area contributed by atoms with E-state index in [4.69, 9.17) is 4.42 Å². The molecule has 0 unspecified atom stereocenters. The van der Waals surface area contributed by atoms with Gasteiger partial charge in [0.1, 0.15) is 5.52 Å². The molecule has 0 saturated carbocycles. The minimum atomic E-state index is -0.466. The van der Waals surface area contributed by atoms with Crippen LogP contribution in [0.5, 0.6) is 0 Å². The molecule has 0 bridgehead atoms. The number of hydrogen-bond donors (Lipinski definition) is 2. The van der Waals surface area contributed by atoms with Crippen molar-refractivity contribution >= 4 is 22.8 Å². The largest absolute Gasteiger partial charge is 0.424 e. The van der Waals surface area contributed by atoms with Gasteiger partial charge in [-0.3, -0.25) is 15.2 Å². The van der Waals surface area contributed by atoms with E-state index in [0.29, 0.717) is 23.7 Å². The zero-order valence-corrected chi connectivity index (χ0v) is 9.66. The molecule has 0 aliphatic heterocycles. The lowest BCUT2D eigenvalue weighted by Crippen LogP contribution is -1.97. The Morgan fingerprint density at radius 3 is 3.11 bits per heavy atom. The highest BCUT2D eigenvalue weighted by Gasteiger charge is 2.11. The van der Waals surface area contributed by atoms with E-state index in [1.807, 2.05) is 0 Å². The van der Waals surface area contributed by atoms with E-state index in [0.717, 1.165) is 5.56 Å². The van der Waals surface area contributed by atoms with Gasteiger partial charge in [0.25, 0.3) is 11.7 Å². The summed E-state index contributed by atoms with van der Waals surface area (Å²) in [5, 5.41) is 20.1. The third kappa shape index (κ3) is 2.23. The first-order valence-corrected chi connectivity index (χ1v) is 5.49. The highest BCUT2D eigenvalue weighted by molar-refractivity contribution is 5.77. The molecular formula is C11H9N5O3. The monoisotopic (exact) mass is 259 g/mol. The van der Waals surface area contributed by atoms with E-state index in [1.54, 1.807) is 12.4 Å². The maximum Gasteiger partial charge on any atom is 0.295 e. The first-order chi connectivity index (χ1) is 9.22. The van der Waals surface area contributed by atoms with Crippen molar-refractivity contribution in [3.63, 3.8) is 0 Å². The fraction of sp³-hybridized carbons (Fsp3) is 0.0909. The number of nitrogens with zero attached hydrogens (tertiary/aromatic N) is 3. The summed E-state index contributed by atoms with van der Waals surface area (Å²) in [7, 11) is 0. The van der Waals surface area contributed by atoms with Crippen LogP contribution in [0.2, 0.25) is 0 Å². The molecule has 0 amide bonds. The first kappa shape index (κ1) is 11.2. The summed E-state index contributed by atoms with van der Waals surface area (Å²) >= 11 is 0. The number of nitrogens with one attached hydrogen (secondary N) is 2. The molecule has 0 spiro atoms. The average Bonchev–Trinajstić information content (AvgIpc) is 3.04. The Labute approximate surface area is 106 Å². The summed E-state index contributed by atoms with van der Waals surface area (Å²) in [6.07, 6.45) is 3.43. The second-order valence-electron chi connectivity index (χ2n) is 3.89. The molecule has 2 heterocycles. The molecule has 3 rings (SSSR count). The number of aromatic nitrogens is 3. The number of oxazole rings is 1. The van der Waals surface area contributed by atoms with Crippen molar-refractivity contribution in [2.75, 3.05) is 5.32 Å². The fourth-order valence-corrected chi connectivity index (χ4v) is 1.66. The number of hydrogen-bond acceptors (Lipinski definition) is 6. The minimum Gasteiger partial charge on any atom is -0.424 e. The Morgan fingerprint density at radius 1 is 1.47 bits per heavy atom. The van der Waals surface area contributed by atoms with Gasteiger partial charge < -0.3 is 9.73 Å². The highest BCUT2D eigenvalue weighted by Crippen LogP contribution is 2.23. The van der Waals surface area contributed by atoms with E-state index >= 15 is 0 Å².